The van der Waals surface area contributed by atoms with Crippen LogP contribution in [0.25, 0.3) is 5.57 Å². The number of benzene rings is 3. The van der Waals surface area contributed by atoms with E-state index in [1.807, 2.05) is 85.8 Å². The second-order valence-electron chi connectivity index (χ2n) is 5.99. The smallest absolute Gasteiger partial charge is 0.162 e. The summed E-state index contributed by atoms with van der Waals surface area (Å²) in [7, 11) is 0. The first-order valence-corrected chi connectivity index (χ1v) is 8.36. The maximum atomic E-state index is 6.04. The Morgan fingerprint density at radius 3 is 1.76 bits per heavy atom. The van der Waals surface area contributed by atoms with Crippen molar-refractivity contribution in [2.75, 3.05) is 0 Å². The fourth-order valence-corrected chi connectivity index (χ4v) is 2.48. The number of rotatable bonds is 7. The first-order valence-electron chi connectivity index (χ1n) is 8.36. The van der Waals surface area contributed by atoms with Crippen molar-refractivity contribution in [3.8, 4) is 11.5 Å². The van der Waals surface area contributed by atoms with Gasteiger partial charge in [0.2, 0.25) is 0 Å². The van der Waals surface area contributed by atoms with Crippen molar-refractivity contribution in [2.24, 2.45) is 0 Å². The standard InChI is InChI=1S/C23H22O2/c1-18(2)21-13-14-22(24-16-19-9-5-3-6-10-19)23(15-21)25-17-20-11-7-4-8-12-20/h3-15H,1,16-17H2,2H3. The first kappa shape index (κ1) is 16.8. The molecule has 0 bridgehead atoms. The topological polar surface area (TPSA) is 18.5 Å². The summed E-state index contributed by atoms with van der Waals surface area (Å²) in [5, 5.41) is 0. The minimum atomic E-state index is 0.502. The average Bonchev–Trinajstić information content (AvgIpc) is 2.66. The lowest BCUT2D eigenvalue weighted by Gasteiger charge is -2.14. The van der Waals surface area contributed by atoms with Gasteiger partial charge in [-0.2, -0.15) is 0 Å². The molecule has 0 heterocycles. The van der Waals surface area contributed by atoms with Gasteiger partial charge in [0.15, 0.2) is 11.5 Å². The summed E-state index contributed by atoms with van der Waals surface area (Å²) in [6, 6.07) is 26.2. The van der Waals surface area contributed by atoms with E-state index < -0.39 is 0 Å². The summed E-state index contributed by atoms with van der Waals surface area (Å²) < 4.78 is 12.0. The molecule has 0 unspecified atom stereocenters. The molecule has 0 aliphatic rings. The van der Waals surface area contributed by atoms with Crippen LogP contribution in [-0.2, 0) is 13.2 Å². The van der Waals surface area contributed by atoms with E-state index in [0.717, 1.165) is 33.8 Å². The molecule has 0 atom stereocenters. The van der Waals surface area contributed by atoms with E-state index in [4.69, 9.17) is 9.47 Å². The van der Waals surface area contributed by atoms with Gasteiger partial charge in [0.25, 0.3) is 0 Å². The minimum absolute atomic E-state index is 0.502. The molecule has 0 saturated carbocycles. The van der Waals surface area contributed by atoms with Crippen LogP contribution in [0.4, 0.5) is 0 Å². The van der Waals surface area contributed by atoms with E-state index in [-0.39, 0.29) is 0 Å². The molecule has 3 aromatic rings. The second kappa shape index (κ2) is 8.20. The average molecular weight is 330 g/mol. The van der Waals surface area contributed by atoms with Gasteiger partial charge in [-0.15, -0.1) is 0 Å². The lowest BCUT2D eigenvalue weighted by atomic mass is 10.1. The molecule has 0 saturated heterocycles. The van der Waals surface area contributed by atoms with Gasteiger partial charge in [-0.25, -0.2) is 0 Å². The number of ether oxygens (including phenoxy) is 2. The van der Waals surface area contributed by atoms with Gasteiger partial charge >= 0.3 is 0 Å². The zero-order chi connectivity index (χ0) is 17.5. The summed E-state index contributed by atoms with van der Waals surface area (Å²) in [6.07, 6.45) is 0. The molecule has 0 aromatic heterocycles. The van der Waals surface area contributed by atoms with Gasteiger partial charge in [0, 0.05) is 0 Å². The lowest BCUT2D eigenvalue weighted by molar-refractivity contribution is 0.256. The van der Waals surface area contributed by atoms with Crippen LogP contribution < -0.4 is 9.47 Å². The Morgan fingerprint density at radius 1 is 0.720 bits per heavy atom. The lowest BCUT2D eigenvalue weighted by Crippen LogP contribution is -2.01. The molecule has 0 N–H and O–H groups in total. The number of hydrogen-bond acceptors (Lipinski definition) is 2. The first-order chi connectivity index (χ1) is 12.2. The largest absolute Gasteiger partial charge is 0.485 e. The number of hydrogen-bond donors (Lipinski definition) is 0. The van der Waals surface area contributed by atoms with Gasteiger partial charge in [0.05, 0.1) is 0 Å². The molecule has 2 nitrogen and oxygen atoms in total. The Kier molecular flexibility index (Phi) is 5.53. The highest BCUT2D eigenvalue weighted by molar-refractivity contribution is 5.64. The van der Waals surface area contributed by atoms with Crippen LogP contribution >= 0.6 is 0 Å². The van der Waals surface area contributed by atoms with E-state index in [1.54, 1.807) is 0 Å². The van der Waals surface area contributed by atoms with Crippen LogP contribution in [-0.4, -0.2) is 0 Å². The van der Waals surface area contributed by atoms with Crippen LogP contribution in [0.2, 0.25) is 0 Å². The van der Waals surface area contributed by atoms with E-state index in [1.165, 1.54) is 0 Å². The van der Waals surface area contributed by atoms with Crippen molar-refractivity contribution in [3.63, 3.8) is 0 Å². The van der Waals surface area contributed by atoms with Crippen LogP contribution in [0, 0.1) is 0 Å². The summed E-state index contributed by atoms with van der Waals surface area (Å²) >= 11 is 0. The SMILES string of the molecule is C=C(C)c1ccc(OCc2ccccc2)c(OCc2ccccc2)c1. The Hall–Kier alpha value is -3.00. The predicted octanol–water partition coefficient (Wildman–Crippen LogP) is 5.88. The quantitative estimate of drug-likeness (QED) is 0.539. The monoisotopic (exact) mass is 330 g/mol. The van der Waals surface area contributed by atoms with E-state index in [0.29, 0.717) is 13.2 Å². The molecule has 0 amide bonds. The molecule has 126 valence electrons. The number of allylic oxidation sites excluding steroid dienone is 1. The molecule has 3 rings (SSSR count). The van der Waals surface area contributed by atoms with E-state index in [2.05, 4.69) is 6.58 Å². The zero-order valence-corrected chi connectivity index (χ0v) is 14.4. The highest BCUT2D eigenvalue weighted by Crippen LogP contribution is 2.32. The molecular formula is C23H22O2. The van der Waals surface area contributed by atoms with Crippen LogP contribution in [0.3, 0.4) is 0 Å². The Balaban J connectivity index is 1.77. The zero-order valence-electron chi connectivity index (χ0n) is 14.4. The van der Waals surface area contributed by atoms with E-state index >= 15 is 0 Å². The summed E-state index contributed by atoms with van der Waals surface area (Å²) in [5.41, 5.74) is 4.30. The van der Waals surface area contributed by atoms with Crippen molar-refractivity contribution in [3.05, 3.63) is 102 Å². The third kappa shape index (κ3) is 4.74. The summed E-state index contributed by atoms with van der Waals surface area (Å²) in [6.45, 7) is 7.01. The maximum absolute atomic E-state index is 6.04. The normalized spacial score (nSPS) is 10.3. The third-order valence-corrected chi connectivity index (χ3v) is 3.91. The third-order valence-electron chi connectivity index (χ3n) is 3.91. The summed E-state index contributed by atoms with van der Waals surface area (Å²) in [4.78, 5) is 0. The predicted molar refractivity (Wildman–Crippen MR) is 103 cm³/mol. The molecule has 0 radical (unpaired) electrons. The maximum Gasteiger partial charge on any atom is 0.162 e. The van der Waals surface area contributed by atoms with Gasteiger partial charge in [-0.1, -0.05) is 78.9 Å². The molecular weight excluding hydrogens is 308 g/mol. The Labute approximate surface area is 149 Å². The van der Waals surface area contributed by atoms with Crippen molar-refractivity contribution >= 4 is 5.57 Å². The molecule has 0 aliphatic carbocycles. The Morgan fingerprint density at radius 2 is 1.24 bits per heavy atom. The van der Waals surface area contributed by atoms with Crippen molar-refractivity contribution in [2.45, 2.75) is 20.1 Å². The van der Waals surface area contributed by atoms with E-state index in [9.17, 15) is 0 Å². The molecule has 0 spiro atoms. The fourth-order valence-electron chi connectivity index (χ4n) is 2.48. The fraction of sp³-hybridized carbons (Fsp3) is 0.130. The Bertz CT molecular complexity index is 823. The van der Waals surface area contributed by atoms with Crippen molar-refractivity contribution in [1.82, 2.24) is 0 Å². The van der Waals surface area contributed by atoms with Gasteiger partial charge in [0.1, 0.15) is 13.2 Å². The molecule has 0 aliphatic heterocycles. The van der Waals surface area contributed by atoms with Crippen molar-refractivity contribution in [1.29, 1.82) is 0 Å². The van der Waals surface area contributed by atoms with Crippen molar-refractivity contribution < 1.29 is 9.47 Å². The molecule has 0 fully saturated rings. The highest BCUT2D eigenvalue weighted by atomic mass is 16.5. The van der Waals surface area contributed by atoms with Crippen LogP contribution in [0.15, 0.2) is 85.4 Å². The minimum Gasteiger partial charge on any atom is -0.485 e. The van der Waals surface area contributed by atoms with Gasteiger partial charge in [-0.05, 0) is 35.7 Å². The van der Waals surface area contributed by atoms with Crippen LogP contribution in [0.5, 0.6) is 11.5 Å². The van der Waals surface area contributed by atoms with Gasteiger partial charge < -0.3 is 9.47 Å². The van der Waals surface area contributed by atoms with Crippen LogP contribution in [0.1, 0.15) is 23.6 Å². The summed E-state index contributed by atoms with van der Waals surface area (Å²) in [5.74, 6) is 1.48. The molecule has 2 heteroatoms. The second-order valence-corrected chi connectivity index (χ2v) is 5.99. The molecule has 25 heavy (non-hydrogen) atoms. The molecule has 3 aromatic carbocycles. The van der Waals surface area contributed by atoms with Gasteiger partial charge in [-0.3, -0.25) is 0 Å². The highest BCUT2D eigenvalue weighted by Gasteiger charge is 2.08.